The van der Waals surface area contributed by atoms with Gasteiger partial charge in [0, 0.05) is 13.0 Å². The number of hydrogen-bond donors (Lipinski definition) is 0. The van der Waals surface area contributed by atoms with Gasteiger partial charge in [0.05, 0.1) is 7.11 Å². The van der Waals surface area contributed by atoms with E-state index in [2.05, 4.69) is 0 Å². The van der Waals surface area contributed by atoms with Gasteiger partial charge in [-0.3, -0.25) is 9.59 Å². The molecule has 2 aromatic carbocycles. The van der Waals surface area contributed by atoms with Crippen molar-refractivity contribution in [1.29, 1.82) is 0 Å². The highest BCUT2D eigenvalue weighted by Crippen LogP contribution is 2.33. The Morgan fingerprint density at radius 3 is 1.74 bits per heavy atom. The van der Waals surface area contributed by atoms with E-state index in [9.17, 15) is 9.59 Å². The molecule has 0 aliphatic heterocycles. The summed E-state index contributed by atoms with van der Waals surface area (Å²) in [5.74, 6) is -2.20. The Balaban J connectivity index is 2.53. The van der Waals surface area contributed by atoms with Gasteiger partial charge < -0.3 is 9.47 Å². The van der Waals surface area contributed by atoms with Gasteiger partial charge in [0.1, 0.15) is 12.5 Å². The first-order chi connectivity index (χ1) is 11.2. The molecule has 4 heteroatoms. The smallest absolute Gasteiger partial charge is 0.317 e. The first kappa shape index (κ1) is 16.9. The SMILES string of the molecule is COCC(=O)C(C(=O)OC)C(c1ccccc1)c1ccccc1. The van der Waals surface area contributed by atoms with Crippen molar-refractivity contribution in [3.63, 3.8) is 0 Å². The molecular weight excluding hydrogens is 292 g/mol. The molecular formula is C19H20O4. The first-order valence-electron chi connectivity index (χ1n) is 7.38. The van der Waals surface area contributed by atoms with E-state index in [4.69, 9.17) is 9.47 Å². The van der Waals surface area contributed by atoms with Crippen molar-refractivity contribution in [2.45, 2.75) is 5.92 Å². The average molecular weight is 312 g/mol. The van der Waals surface area contributed by atoms with Crippen LogP contribution >= 0.6 is 0 Å². The van der Waals surface area contributed by atoms with Crippen LogP contribution < -0.4 is 0 Å². The Bertz CT molecular complexity index is 597. The zero-order valence-corrected chi connectivity index (χ0v) is 13.3. The van der Waals surface area contributed by atoms with Crippen molar-refractivity contribution in [3.05, 3.63) is 71.8 Å². The summed E-state index contributed by atoms with van der Waals surface area (Å²) < 4.78 is 9.83. The maximum Gasteiger partial charge on any atom is 0.317 e. The van der Waals surface area contributed by atoms with Crippen LogP contribution in [0.25, 0.3) is 0 Å². The number of benzene rings is 2. The fourth-order valence-electron chi connectivity index (χ4n) is 2.71. The van der Waals surface area contributed by atoms with Crippen molar-refractivity contribution in [3.8, 4) is 0 Å². The second kappa shape index (κ2) is 8.25. The lowest BCUT2D eigenvalue weighted by molar-refractivity contribution is -0.151. The van der Waals surface area contributed by atoms with Gasteiger partial charge in [-0.1, -0.05) is 60.7 Å². The Kier molecular flexibility index (Phi) is 6.06. The van der Waals surface area contributed by atoms with Gasteiger partial charge in [-0.05, 0) is 11.1 Å². The minimum Gasteiger partial charge on any atom is -0.468 e. The van der Waals surface area contributed by atoms with Crippen LogP contribution in [-0.4, -0.2) is 32.6 Å². The predicted octanol–water partition coefficient (Wildman–Crippen LogP) is 2.82. The molecule has 0 aliphatic rings. The van der Waals surface area contributed by atoms with E-state index >= 15 is 0 Å². The van der Waals surface area contributed by atoms with Crippen LogP contribution in [-0.2, 0) is 19.1 Å². The Hall–Kier alpha value is -2.46. The number of carbonyl (C=O) groups is 2. The summed E-state index contributed by atoms with van der Waals surface area (Å²) in [4.78, 5) is 24.8. The summed E-state index contributed by atoms with van der Waals surface area (Å²) in [6.07, 6.45) is 0. The molecule has 0 aliphatic carbocycles. The van der Waals surface area contributed by atoms with Crippen molar-refractivity contribution in [2.24, 2.45) is 5.92 Å². The van der Waals surface area contributed by atoms with Crippen LogP contribution in [0.4, 0.5) is 0 Å². The lowest BCUT2D eigenvalue weighted by atomic mass is 9.78. The summed E-state index contributed by atoms with van der Waals surface area (Å²) in [5, 5.41) is 0. The van der Waals surface area contributed by atoms with Crippen molar-refractivity contribution in [2.75, 3.05) is 20.8 Å². The highest BCUT2D eigenvalue weighted by Gasteiger charge is 2.37. The molecule has 0 saturated heterocycles. The predicted molar refractivity (Wildman–Crippen MR) is 87.1 cm³/mol. The van der Waals surface area contributed by atoms with Gasteiger partial charge in [-0.25, -0.2) is 0 Å². The highest BCUT2D eigenvalue weighted by molar-refractivity contribution is 6.01. The second-order valence-corrected chi connectivity index (χ2v) is 5.20. The second-order valence-electron chi connectivity index (χ2n) is 5.20. The Labute approximate surface area is 136 Å². The molecule has 0 saturated carbocycles. The number of carbonyl (C=O) groups excluding carboxylic acids is 2. The summed E-state index contributed by atoms with van der Waals surface area (Å²) in [5.41, 5.74) is 1.78. The molecule has 0 bridgehead atoms. The molecule has 0 fully saturated rings. The maximum absolute atomic E-state index is 12.5. The minimum atomic E-state index is -0.940. The molecule has 0 heterocycles. The molecule has 0 radical (unpaired) electrons. The number of rotatable bonds is 7. The van der Waals surface area contributed by atoms with Gasteiger partial charge in [-0.15, -0.1) is 0 Å². The van der Waals surface area contributed by atoms with Crippen LogP contribution in [0.15, 0.2) is 60.7 Å². The van der Waals surface area contributed by atoms with Crippen LogP contribution in [0.1, 0.15) is 17.0 Å². The van der Waals surface area contributed by atoms with E-state index in [1.54, 1.807) is 0 Å². The van der Waals surface area contributed by atoms with E-state index in [0.717, 1.165) is 11.1 Å². The zero-order valence-electron chi connectivity index (χ0n) is 13.3. The van der Waals surface area contributed by atoms with Gasteiger partial charge >= 0.3 is 5.97 Å². The summed E-state index contributed by atoms with van der Waals surface area (Å²) in [7, 11) is 2.73. The first-order valence-corrected chi connectivity index (χ1v) is 7.38. The van der Waals surface area contributed by atoms with E-state index in [-0.39, 0.29) is 12.4 Å². The van der Waals surface area contributed by atoms with Gasteiger partial charge in [0.25, 0.3) is 0 Å². The summed E-state index contributed by atoms with van der Waals surface area (Å²) in [6.45, 7) is -0.129. The van der Waals surface area contributed by atoms with Crippen LogP contribution in [0.5, 0.6) is 0 Å². The standard InChI is InChI=1S/C19H20O4/c1-22-13-16(20)18(19(21)23-2)17(14-9-5-3-6-10-14)15-11-7-4-8-12-15/h3-12,17-18H,13H2,1-2H3. The summed E-state index contributed by atoms with van der Waals surface area (Å²) >= 11 is 0. The van der Waals surface area contributed by atoms with Crippen molar-refractivity contribution in [1.82, 2.24) is 0 Å². The molecule has 2 rings (SSSR count). The molecule has 1 atom stereocenters. The topological polar surface area (TPSA) is 52.6 Å². The number of ether oxygens (including phenoxy) is 2. The molecule has 0 amide bonds. The lowest BCUT2D eigenvalue weighted by Gasteiger charge is -2.25. The normalized spacial score (nSPS) is 12.0. The molecule has 0 N–H and O–H groups in total. The average Bonchev–Trinajstić information content (AvgIpc) is 2.60. The van der Waals surface area contributed by atoms with Gasteiger partial charge in [-0.2, -0.15) is 0 Å². The monoisotopic (exact) mass is 312 g/mol. The highest BCUT2D eigenvalue weighted by atomic mass is 16.5. The molecule has 4 nitrogen and oxygen atoms in total. The maximum atomic E-state index is 12.5. The quantitative estimate of drug-likeness (QED) is 0.583. The third-order valence-electron chi connectivity index (χ3n) is 3.74. The summed E-state index contributed by atoms with van der Waals surface area (Å²) in [6, 6.07) is 19.0. The number of ketones is 1. The van der Waals surface area contributed by atoms with E-state index in [0.29, 0.717) is 0 Å². The molecule has 0 spiro atoms. The Morgan fingerprint density at radius 1 is 0.870 bits per heavy atom. The van der Waals surface area contributed by atoms with E-state index < -0.39 is 17.8 Å². The Morgan fingerprint density at radius 2 is 1.35 bits per heavy atom. The van der Waals surface area contributed by atoms with Gasteiger partial charge in [0.15, 0.2) is 5.78 Å². The molecule has 120 valence electrons. The zero-order chi connectivity index (χ0) is 16.7. The number of hydrogen-bond acceptors (Lipinski definition) is 4. The fourth-order valence-corrected chi connectivity index (χ4v) is 2.71. The van der Waals surface area contributed by atoms with Crippen molar-refractivity contribution >= 4 is 11.8 Å². The van der Waals surface area contributed by atoms with Crippen LogP contribution in [0.3, 0.4) is 0 Å². The van der Waals surface area contributed by atoms with E-state index in [1.165, 1.54) is 14.2 Å². The van der Waals surface area contributed by atoms with Crippen molar-refractivity contribution < 1.29 is 19.1 Å². The molecule has 0 aromatic heterocycles. The minimum absolute atomic E-state index is 0.129. The number of methoxy groups -OCH3 is 2. The van der Waals surface area contributed by atoms with E-state index in [1.807, 2.05) is 60.7 Å². The van der Waals surface area contributed by atoms with Crippen LogP contribution in [0.2, 0.25) is 0 Å². The molecule has 23 heavy (non-hydrogen) atoms. The third kappa shape index (κ3) is 4.05. The fraction of sp³-hybridized carbons (Fsp3) is 0.263. The lowest BCUT2D eigenvalue weighted by Crippen LogP contribution is -2.34. The molecule has 1 unspecified atom stereocenters. The van der Waals surface area contributed by atoms with Crippen LogP contribution in [0, 0.1) is 5.92 Å². The van der Waals surface area contributed by atoms with Gasteiger partial charge in [0.2, 0.25) is 0 Å². The number of esters is 1. The molecule has 2 aromatic rings. The largest absolute Gasteiger partial charge is 0.468 e. The third-order valence-corrected chi connectivity index (χ3v) is 3.74. The number of Topliss-reactive ketones (excluding diaryl/α,β-unsaturated/α-hetero) is 1.